The SMILES string of the molecule is N#CCCN(c1ccccc1)c1ccc(C(=O)O)cc1F. The van der Waals surface area contributed by atoms with Gasteiger partial charge < -0.3 is 10.0 Å². The average Bonchev–Trinajstić information content (AvgIpc) is 2.50. The molecule has 0 heterocycles. The number of halogens is 1. The fourth-order valence-electron chi connectivity index (χ4n) is 2.02. The van der Waals surface area contributed by atoms with Gasteiger partial charge in [0.1, 0.15) is 5.82 Å². The standard InChI is InChI=1S/C16H13FN2O2/c17-14-11-12(16(20)21)7-8-15(14)19(10-4-9-18)13-5-2-1-3-6-13/h1-3,5-8,11H,4,10H2,(H,20,21). The van der Waals surface area contributed by atoms with Crippen LogP contribution >= 0.6 is 0 Å². The first-order valence-corrected chi connectivity index (χ1v) is 6.36. The summed E-state index contributed by atoms with van der Waals surface area (Å²) in [6.45, 7) is 0.323. The Morgan fingerprint density at radius 1 is 1.24 bits per heavy atom. The van der Waals surface area contributed by atoms with E-state index in [9.17, 15) is 9.18 Å². The van der Waals surface area contributed by atoms with E-state index in [4.69, 9.17) is 10.4 Å². The molecule has 2 aromatic carbocycles. The molecule has 0 saturated carbocycles. The maximum Gasteiger partial charge on any atom is 0.335 e. The first-order valence-electron chi connectivity index (χ1n) is 6.36. The van der Waals surface area contributed by atoms with Crippen LogP contribution in [0.1, 0.15) is 16.8 Å². The number of nitrogens with zero attached hydrogens (tertiary/aromatic N) is 2. The lowest BCUT2D eigenvalue weighted by Crippen LogP contribution is -2.19. The van der Waals surface area contributed by atoms with Crippen LogP contribution in [0.4, 0.5) is 15.8 Å². The van der Waals surface area contributed by atoms with Crippen LogP contribution in [0.15, 0.2) is 48.5 Å². The number of hydrogen-bond donors (Lipinski definition) is 1. The van der Waals surface area contributed by atoms with Gasteiger partial charge in [0.05, 0.1) is 23.7 Å². The molecule has 0 bridgehead atoms. The van der Waals surface area contributed by atoms with E-state index in [0.717, 1.165) is 11.8 Å². The zero-order valence-corrected chi connectivity index (χ0v) is 11.2. The summed E-state index contributed by atoms with van der Waals surface area (Å²) in [5, 5.41) is 17.6. The molecule has 0 unspecified atom stereocenters. The van der Waals surface area contributed by atoms with Crippen LogP contribution in [-0.2, 0) is 0 Å². The van der Waals surface area contributed by atoms with Gasteiger partial charge in [-0.3, -0.25) is 0 Å². The van der Waals surface area contributed by atoms with Crippen molar-refractivity contribution in [1.29, 1.82) is 5.26 Å². The van der Waals surface area contributed by atoms with Crippen molar-refractivity contribution < 1.29 is 14.3 Å². The van der Waals surface area contributed by atoms with E-state index in [0.29, 0.717) is 6.54 Å². The third-order valence-electron chi connectivity index (χ3n) is 3.00. The van der Waals surface area contributed by atoms with Crippen LogP contribution < -0.4 is 4.90 Å². The van der Waals surface area contributed by atoms with Crippen LogP contribution in [0.25, 0.3) is 0 Å². The van der Waals surface area contributed by atoms with Crippen LogP contribution in [0.3, 0.4) is 0 Å². The number of anilines is 2. The lowest BCUT2D eigenvalue weighted by atomic mass is 10.1. The van der Waals surface area contributed by atoms with Crippen molar-refractivity contribution in [1.82, 2.24) is 0 Å². The predicted octanol–water partition coefficient (Wildman–Crippen LogP) is 3.58. The minimum Gasteiger partial charge on any atom is -0.478 e. The van der Waals surface area contributed by atoms with Gasteiger partial charge in [0.15, 0.2) is 0 Å². The molecule has 4 nitrogen and oxygen atoms in total. The first kappa shape index (κ1) is 14.5. The van der Waals surface area contributed by atoms with E-state index in [1.165, 1.54) is 12.1 Å². The number of aromatic carboxylic acids is 1. The van der Waals surface area contributed by atoms with Crippen molar-refractivity contribution in [2.75, 3.05) is 11.4 Å². The van der Waals surface area contributed by atoms with Crippen molar-refractivity contribution in [3.05, 3.63) is 59.9 Å². The van der Waals surface area contributed by atoms with Crippen molar-refractivity contribution in [2.24, 2.45) is 0 Å². The van der Waals surface area contributed by atoms with Gasteiger partial charge >= 0.3 is 5.97 Å². The highest BCUT2D eigenvalue weighted by Crippen LogP contribution is 2.28. The third kappa shape index (κ3) is 3.37. The summed E-state index contributed by atoms with van der Waals surface area (Å²) in [7, 11) is 0. The fraction of sp³-hybridized carbons (Fsp3) is 0.125. The van der Waals surface area contributed by atoms with E-state index in [1.54, 1.807) is 4.90 Å². The number of para-hydroxylation sites is 1. The Kier molecular flexibility index (Phi) is 4.52. The fourth-order valence-corrected chi connectivity index (χ4v) is 2.02. The number of carboxylic acids is 1. The molecule has 5 heteroatoms. The Morgan fingerprint density at radius 2 is 1.95 bits per heavy atom. The van der Waals surface area contributed by atoms with Gasteiger partial charge in [-0.05, 0) is 30.3 Å². The second kappa shape index (κ2) is 6.53. The van der Waals surface area contributed by atoms with Crippen molar-refractivity contribution in [3.63, 3.8) is 0 Å². The minimum atomic E-state index is -1.18. The van der Waals surface area contributed by atoms with E-state index in [2.05, 4.69) is 0 Å². The first-order chi connectivity index (χ1) is 10.1. The third-order valence-corrected chi connectivity index (χ3v) is 3.00. The summed E-state index contributed by atoms with van der Waals surface area (Å²) in [4.78, 5) is 12.5. The molecule has 0 amide bonds. The normalized spacial score (nSPS) is 9.90. The molecule has 0 spiro atoms. The van der Waals surface area contributed by atoms with Crippen LogP contribution in [0.5, 0.6) is 0 Å². The predicted molar refractivity (Wildman–Crippen MR) is 77.0 cm³/mol. The summed E-state index contributed by atoms with van der Waals surface area (Å²) in [6, 6.07) is 14.9. The van der Waals surface area contributed by atoms with Crippen molar-refractivity contribution >= 4 is 17.3 Å². The molecule has 0 saturated heterocycles. The molecule has 0 radical (unpaired) electrons. The van der Waals surface area contributed by atoms with Gasteiger partial charge in [-0.25, -0.2) is 9.18 Å². The van der Waals surface area contributed by atoms with Gasteiger partial charge in [0, 0.05) is 12.2 Å². The van der Waals surface area contributed by atoms with Crippen LogP contribution in [0.2, 0.25) is 0 Å². The lowest BCUT2D eigenvalue weighted by molar-refractivity contribution is 0.0696. The summed E-state index contributed by atoms with van der Waals surface area (Å²) in [5.41, 5.74) is 0.890. The molecule has 0 atom stereocenters. The topological polar surface area (TPSA) is 64.3 Å². The quantitative estimate of drug-likeness (QED) is 0.911. The summed E-state index contributed by atoms with van der Waals surface area (Å²) >= 11 is 0. The highest BCUT2D eigenvalue weighted by Gasteiger charge is 2.15. The van der Waals surface area contributed by atoms with Gasteiger partial charge in [0.25, 0.3) is 0 Å². The Balaban J connectivity index is 2.42. The molecule has 0 aliphatic heterocycles. The Hall–Kier alpha value is -2.87. The largest absolute Gasteiger partial charge is 0.478 e. The molecule has 2 rings (SSSR count). The smallest absolute Gasteiger partial charge is 0.335 e. The number of rotatable bonds is 5. The van der Waals surface area contributed by atoms with E-state index >= 15 is 0 Å². The average molecular weight is 284 g/mol. The highest BCUT2D eigenvalue weighted by atomic mass is 19.1. The Labute approximate surface area is 121 Å². The number of benzene rings is 2. The molecule has 1 N–H and O–H groups in total. The maximum atomic E-state index is 14.2. The number of hydrogen-bond acceptors (Lipinski definition) is 3. The van der Waals surface area contributed by atoms with Crippen molar-refractivity contribution in [3.8, 4) is 6.07 Å². The number of carboxylic acid groups (broad SMARTS) is 1. The number of nitriles is 1. The minimum absolute atomic E-state index is 0.107. The summed E-state index contributed by atoms with van der Waals surface area (Å²) in [6.07, 6.45) is 0.231. The molecule has 106 valence electrons. The van der Waals surface area contributed by atoms with Gasteiger partial charge in [-0.15, -0.1) is 0 Å². The molecule has 0 aliphatic carbocycles. The molecule has 0 aromatic heterocycles. The molecular weight excluding hydrogens is 271 g/mol. The summed E-state index contributed by atoms with van der Waals surface area (Å²) in [5.74, 6) is -1.81. The van der Waals surface area contributed by atoms with E-state index < -0.39 is 11.8 Å². The van der Waals surface area contributed by atoms with Crippen molar-refractivity contribution in [2.45, 2.75) is 6.42 Å². The monoisotopic (exact) mass is 284 g/mol. The zero-order valence-electron chi connectivity index (χ0n) is 11.2. The molecule has 0 fully saturated rings. The van der Waals surface area contributed by atoms with Gasteiger partial charge in [-0.1, -0.05) is 18.2 Å². The Bertz CT molecular complexity index is 680. The van der Waals surface area contributed by atoms with Crippen LogP contribution in [0, 0.1) is 17.1 Å². The highest BCUT2D eigenvalue weighted by molar-refractivity contribution is 5.88. The maximum absolute atomic E-state index is 14.2. The second-order valence-corrected chi connectivity index (χ2v) is 4.37. The molecule has 0 aliphatic rings. The lowest BCUT2D eigenvalue weighted by Gasteiger charge is -2.24. The van der Waals surface area contributed by atoms with Crippen LogP contribution in [-0.4, -0.2) is 17.6 Å². The van der Waals surface area contributed by atoms with Gasteiger partial charge in [-0.2, -0.15) is 5.26 Å². The zero-order chi connectivity index (χ0) is 15.2. The van der Waals surface area contributed by atoms with E-state index in [1.807, 2.05) is 36.4 Å². The Morgan fingerprint density at radius 3 is 2.52 bits per heavy atom. The molecule has 21 heavy (non-hydrogen) atoms. The summed E-state index contributed by atoms with van der Waals surface area (Å²) < 4.78 is 14.2. The number of carbonyl (C=O) groups is 1. The molecular formula is C16H13FN2O2. The second-order valence-electron chi connectivity index (χ2n) is 4.37. The molecule has 2 aromatic rings. The van der Waals surface area contributed by atoms with E-state index in [-0.39, 0.29) is 17.7 Å². The van der Waals surface area contributed by atoms with Gasteiger partial charge in [0.2, 0.25) is 0 Å².